The molecular formula is C9H5N3OS. The standard InChI is InChI=1S/C9H5N3OS/c13-9-8-7(10-12-11-9)5-3-1-2-4-6(5)14-8/h1-4H,(H,10,11,13). The van der Waals surface area contributed by atoms with E-state index in [1.165, 1.54) is 11.3 Å². The molecule has 2 heterocycles. The largest absolute Gasteiger partial charge is 0.491 e. The summed E-state index contributed by atoms with van der Waals surface area (Å²) >= 11 is 1.47. The summed E-state index contributed by atoms with van der Waals surface area (Å²) in [7, 11) is 0. The fraction of sp³-hybridized carbons (Fsp3) is 0. The molecule has 0 aliphatic rings. The first-order valence-corrected chi connectivity index (χ1v) is 4.87. The zero-order valence-corrected chi connectivity index (χ0v) is 7.82. The van der Waals surface area contributed by atoms with Crippen LogP contribution in [-0.2, 0) is 0 Å². The maximum absolute atomic E-state index is 9.47. The van der Waals surface area contributed by atoms with Gasteiger partial charge in [-0.2, -0.15) is 0 Å². The molecule has 0 saturated heterocycles. The Bertz CT molecular complexity index is 620. The highest BCUT2D eigenvalue weighted by Gasteiger charge is 2.10. The van der Waals surface area contributed by atoms with Crippen LogP contribution in [0.3, 0.4) is 0 Å². The molecule has 2 aromatic heterocycles. The molecule has 0 unspecified atom stereocenters. The van der Waals surface area contributed by atoms with Gasteiger partial charge >= 0.3 is 0 Å². The van der Waals surface area contributed by atoms with Crippen LogP contribution < -0.4 is 0 Å². The third kappa shape index (κ3) is 0.898. The molecule has 0 amide bonds. The first-order valence-electron chi connectivity index (χ1n) is 4.06. The lowest BCUT2D eigenvalue weighted by Gasteiger charge is -1.88. The van der Waals surface area contributed by atoms with Gasteiger partial charge in [0, 0.05) is 10.1 Å². The van der Waals surface area contributed by atoms with Crippen molar-refractivity contribution in [3.05, 3.63) is 24.3 Å². The Hall–Kier alpha value is -1.75. The molecule has 0 atom stereocenters. The maximum atomic E-state index is 9.47. The normalized spacial score (nSPS) is 11.1. The van der Waals surface area contributed by atoms with E-state index in [0.29, 0.717) is 4.70 Å². The lowest BCUT2D eigenvalue weighted by Crippen LogP contribution is -1.85. The van der Waals surface area contributed by atoms with Gasteiger partial charge in [-0.1, -0.05) is 23.3 Å². The Balaban J connectivity index is 2.63. The van der Waals surface area contributed by atoms with Gasteiger partial charge in [0.2, 0.25) is 0 Å². The predicted octanol–water partition coefficient (Wildman–Crippen LogP) is 1.95. The summed E-state index contributed by atoms with van der Waals surface area (Å²) in [6.45, 7) is 0. The van der Waals surface area contributed by atoms with E-state index >= 15 is 0 Å². The number of benzene rings is 1. The fourth-order valence-electron chi connectivity index (χ4n) is 1.44. The van der Waals surface area contributed by atoms with E-state index in [4.69, 9.17) is 0 Å². The van der Waals surface area contributed by atoms with Gasteiger partial charge in [-0.05, 0) is 11.3 Å². The van der Waals surface area contributed by atoms with Gasteiger partial charge in [0.1, 0.15) is 10.2 Å². The Kier molecular flexibility index (Phi) is 1.43. The molecular weight excluding hydrogens is 198 g/mol. The van der Waals surface area contributed by atoms with Crippen LogP contribution in [0, 0.1) is 0 Å². The van der Waals surface area contributed by atoms with E-state index in [9.17, 15) is 5.11 Å². The highest BCUT2D eigenvalue weighted by molar-refractivity contribution is 7.26. The number of thiophene rings is 1. The third-order valence-corrected chi connectivity index (χ3v) is 3.21. The van der Waals surface area contributed by atoms with E-state index in [-0.39, 0.29) is 5.88 Å². The summed E-state index contributed by atoms with van der Waals surface area (Å²) < 4.78 is 1.78. The third-order valence-electron chi connectivity index (χ3n) is 2.06. The van der Waals surface area contributed by atoms with E-state index in [1.54, 1.807) is 0 Å². The molecule has 0 spiro atoms. The van der Waals surface area contributed by atoms with Crippen LogP contribution in [0.5, 0.6) is 5.88 Å². The summed E-state index contributed by atoms with van der Waals surface area (Å²) in [5.74, 6) is -0.0452. The van der Waals surface area contributed by atoms with Gasteiger partial charge in [-0.3, -0.25) is 0 Å². The Morgan fingerprint density at radius 2 is 2.00 bits per heavy atom. The highest BCUT2D eigenvalue weighted by atomic mass is 32.1. The number of rotatable bonds is 0. The lowest BCUT2D eigenvalue weighted by atomic mass is 10.2. The number of hydrogen-bond donors (Lipinski definition) is 1. The molecule has 3 aromatic rings. The van der Waals surface area contributed by atoms with E-state index in [1.807, 2.05) is 24.3 Å². The molecule has 0 bridgehead atoms. The van der Waals surface area contributed by atoms with Crippen LogP contribution in [0.1, 0.15) is 0 Å². The summed E-state index contributed by atoms with van der Waals surface area (Å²) in [5, 5.41) is 21.4. The van der Waals surface area contributed by atoms with Crippen LogP contribution in [0.15, 0.2) is 24.3 Å². The SMILES string of the molecule is Oc1nnnc2c1sc1ccccc12. The topological polar surface area (TPSA) is 58.9 Å². The minimum atomic E-state index is -0.0452. The van der Waals surface area contributed by atoms with Crippen molar-refractivity contribution in [2.75, 3.05) is 0 Å². The van der Waals surface area contributed by atoms with Gasteiger partial charge in [0.05, 0.1) is 0 Å². The summed E-state index contributed by atoms with van der Waals surface area (Å²) in [5.41, 5.74) is 0.720. The van der Waals surface area contributed by atoms with Gasteiger partial charge in [0.15, 0.2) is 0 Å². The second-order valence-corrected chi connectivity index (χ2v) is 3.94. The van der Waals surface area contributed by atoms with Crippen molar-refractivity contribution in [2.45, 2.75) is 0 Å². The second-order valence-electron chi connectivity index (χ2n) is 2.89. The smallest absolute Gasteiger partial charge is 0.252 e. The predicted molar refractivity (Wildman–Crippen MR) is 54.4 cm³/mol. The number of hydrogen-bond acceptors (Lipinski definition) is 5. The van der Waals surface area contributed by atoms with Crippen LogP contribution in [0.4, 0.5) is 0 Å². The number of aromatic hydroxyl groups is 1. The van der Waals surface area contributed by atoms with Crippen LogP contribution in [-0.4, -0.2) is 20.5 Å². The Morgan fingerprint density at radius 1 is 1.14 bits per heavy atom. The van der Waals surface area contributed by atoms with E-state index in [0.717, 1.165) is 15.6 Å². The van der Waals surface area contributed by atoms with Crippen LogP contribution in [0.25, 0.3) is 20.3 Å². The molecule has 1 aromatic carbocycles. The number of nitrogens with zero attached hydrogens (tertiary/aromatic N) is 3. The van der Waals surface area contributed by atoms with Crippen molar-refractivity contribution in [2.24, 2.45) is 0 Å². The van der Waals surface area contributed by atoms with Gasteiger partial charge in [-0.25, -0.2) is 0 Å². The van der Waals surface area contributed by atoms with Gasteiger partial charge in [-0.15, -0.1) is 16.4 Å². The van der Waals surface area contributed by atoms with Gasteiger partial charge in [0.25, 0.3) is 5.88 Å². The molecule has 5 heteroatoms. The average Bonchev–Trinajstić information content (AvgIpc) is 2.59. The minimum Gasteiger partial charge on any atom is -0.491 e. The molecule has 14 heavy (non-hydrogen) atoms. The monoisotopic (exact) mass is 203 g/mol. The van der Waals surface area contributed by atoms with Crippen molar-refractivity contribution in [1.82, 2.24) is 15.4 Å². The lowest BCUT2D eigenvalue weighted by molar-refractivity contribution is 0.449. The van der Waals surface area contributed by atoms with Crippen LogP contribution >= 0.6 is 11.3 Å². The van der Waals surface area contributed by atoms with Crippen molar-refractivity contribution in [3.63, 3.8) is 0 Å². The van der Waals surface area contributed by atoms with Crippen molar-refractivity contribution in [1.29, 1.82) is 0 Å². The first kappa shape index (κ1) is 7.64. The minimum absolute atomic E-state index is 0.0452. The Labute approximate surface area is 82.8 Å². The zero-order chi connectivity index (χ0) is 9.54. The second kappa shape index (κ2) is 2.62. The quantitative estimate of drug-likeness (QED) is 0.606. The zero-order valence-electron chi connectivity index (χ0n) is 7.01. The maximum Gasteiger partial charge on any atom is 0.252 e. The highest BCUT2D eigenvalue weighted by Crippen LogP contribution is 2.35. The van der Waals surface area contributed by atoms with Crippen molar-refractivity contribution < 1.29 is 5.11 Å². The van der Waals surface area contributed by atoms with E-state index < -0.39 is 0 Å². The van der Waals surface area contributed by atoms with Gasteiger partial charge < -0.3 is 5.11 Å². The number of fused-ring (bicyclic) bond motifs is 3. The van der Waals surface area contributed by atoms with Crippen molar-refractivity contribution in [3.8, 4) is 5.88 Å². The summed E-state index contributed by atoms with van der Waals surface area (Å²) in [6.07, 6.45) is 0. The van der Waals surface area contributed by atoms with Crippen LogP contribution in [0.2, 0.25) is 0 Å². The first-order chi connectivity index (χ1) is 6.86. The molecule has 68 valence electrons. The molecule has 0 saturated carbocycles. The molecule has 0 aliphatic carbocycles. The average molecular weight is 203 g/mol. The molecule has 3 rings (SSSR count). The molecule has 0 fully saturated rings. The Morgan fingerprint density at radius 3 is 2.93 bits per heavy atom. The summed E-state index contributed by atoms with van der Waals surface area (Å²) in [6, 6.07) is 7.84. The molecule has 0 aliphatic heterocycles. The number of aromatic nitrogens is 3. The summed E-state index contributed by atoms with van der Waals surface area (Å²) in [4.78, 5) is 0. The van der Waals surface area contributed by atoms with E-state index in [2.05, 4.69) is 15.4 Å². The van der Waals surface area contributed by atoms with Crippen molar-refractivity contribution >= 4 is 31.6 Å². The molecule has 1 N–H and O–H groups in total. The molecule has 0 radical (unpaired) electrons. The fourth-order valence-corrected chi connectivity index (χ4v) is 2.46. The molecule has 4 nitrogen and oxygen atoms in total.